The number of allylic oxidation sites excluding steroid dienone is 1. The molecule has 2 rings (SSSR count). The van der Waals surface area contributed by atoms with Gasteiger partial charge in [-0.1, -0.05) is 13.8 Å². The van der Waals surface area contributed by atoms with Gasteiger partial charge < -0.3 is 4.90 Å². The fourth-order valence-electron chi connectivity index (χ4n) is 2.29. The Balaban J connectivity index is 0.000000606. The summed E-state index contributed by atoms with van der Waals surface area (Å²) in [5, 5.41) is 0. The molecule has 0 aromatic carbocycles. The van der Waals surface area contributed by atoms with E-state index in [2.05, 4.69) is 23.0 Å². The van der Waals surface area contributed by atoms with E-state index >= 15 is 0 Å². The highest BCUT2D eigenvalue weighted by molar-refractivity contribution is 5.59. The minimum Gasteiger partial charge on any atom is -0.357 e. The maximum absolute atomic E-state index is 4.61. The van der Waals surface area contributed by atoms with Crippen molar-refractivity contribution in [1.29, 1.82) is 0 Å². The van der Waals surface area contributed by atoms with Crippen LogP contribution >= 0.6 is 0 Å². The number of hydrogen-bond acceptors (Lipinski definition) is 2. The van der Waals surface area contributed by atoms with E-state index in [9.17, 15) is 0 Å². The molecule has 1 fully saturated rings. The third kappa shape index (κ3) is 3.66. The molecule has 0 spiro atoms. The highest BCUT2D eigenvalue weighted by Crippen LogP contribution is 2.22. The van der Waals surface area contributed by atoms with Crippen molar-refractivity contribution < 1.29 is 0 Å². The van der Waals surface area contributed by atoms with Gasteiger partial charge in [0, 0.05) is 19.3 Å². The van der Waals surface area contributed by atoms with Crippen molar-refractivity contribution in [2.24, 2.45) is 4.99 Å². The van der Waals surface area contributed by atoms with Gasteiger partial charge in [-0.05, 0) is 51.0 Å². The van der Waals surface area contributed by atoms with Crippen molar-refractivity contribution in [2.75, 3.05) is 13.1 Å². The molecule has 2 aliphatic heterocycles. The quantitative estimate of drug-likeness (QED) is 0.655. The van der Waals surface area contributed by atoms with Crippen molar-refractivity contribution >= 4 is 6.21 Å². The average molecular weight is 222 g/mol. The molecule has 0 bridgehead atoms. The number of piperidine rings is 1. The summed E-state index contributed by atoms with van der Waals surface area (Å²) < 4.78 is 0. The van der Waals surface area contributed by atoms with E-state index in [0.29, 0.717) is 0 Å². The van der Waals surface area contributed by atoms with E-state index in [4.69, 9.17) is 0 Å². The standard InChI is InChI=1S/C12H20N2.C2H6/c1-11-7-3-4-8-13-12(11)14-9-5-2-6-10-14;1-2/h8H,2-7,9-10H2,1H3;1-2H3. The second-order valence-corrected chi connectivity index (χ2v) is 4.36. The normalized spacial score (nSPS) is 21.3. The molecular weight excluding hydrogens is 196 g/mol. The molecule has 92 valence electrons. The fraction of sp³-hybridized carbons (Fsp3) is 0.786. The molecule has 2 aliphatic rings. The molecule has 0 amide bonds. The van der Waals surface area contributed by atoms with Crippen LogP contribution < -0.4 is 0 Å². The molecule has 2 heterocycles. The van der Waals surface area contributed by atoms with Crippen LogP contribution in [-0.4, -0.2) is 24.2 Å². The third-order valence-electron chi connectivity index (χ3n) is 3.14. The molecule has 16 heavy (non-hydrogen) atoms. The van der Waals surface area contributed by atoms with Gasteiger partial charge in [0.15, 0.2) is 0 Å². The van der Waals surface area contributed by atoms with Crippen LogP contribution in [-0.2, 0) is 0 Å². The number of aliphatic imine (C=N–C) groups is 1. The molecule has 0 N–H and O–H groups in total. The summed E-state index contributed by atoms with van der Waals surface area (Å²) in [5.74, 6) is 1.28. The van der Waals surface area contributed by atoms with E-state index in [-0.39, 0.29) is 0 Å². The van der Waals surface area contributed by atoms with Gasteiger partial charge in [-0.15, -0.1) is 0 Å². The van der Waals surface area contributed by atoms with Gasteiger partial charge in [-0.3, -0.25) is 0 Å². The first-order valence-electron chi connectivity index (χ1n) is 6.85. The Bertz CT molecular complexity index is 247. The van der Waals surface area contributed by atoms with Crippen LogP contribution in [0.25, 0.3) is 0 Å². The lowest BCUT2D eigenvalue weighted by Gasteiger charge is -2.29. The van der Waals surface area contributed by atoms with E-state index in [1.165, 1.54) is 56.6 Å². The van der Waals surface area contributed by atoms with Crippen LogP contribution in [0, 0.1) is 0 Å². The summed E-state index contributed by atoms with van der Waals surface area (Å²) in [6.45, 7) is 8.67. The molecule has 0 radical (unpaired) electrons. The number of hydrogen-bond donors (Lipinski definition) is 0. The lowest BCUT2D eigenvalue weighted by Crippen LogP contribution is -2.29. The Morgan fingerprint density at radius 2 is 1.75 bits per heavy atom. The highest BCUT2D eigenvalue weighted by Gasteiger charge is 2.15. The second-order valence-electron chi connectivity index (χ2n) is 4.36. The maximum atomic E-state index is 4.61. The zero-order valence-corrected chi connectivity index (χ0v) is 11.1. The largest absolute Gasteiger partial charge is 0.357 e. The van der Waals surface area contributed by atoms with Gasteiger partial charge in [0.2, 0.25) is 0 Å². The molecule has 1 saturated heterocycles. The van der Waals surface area contributed by atoms with Crippen molar-refractivity contribution in [3.05, 3.63) is 11.4 Å². The molecule has 0 atom stereocenters. The Labute approximate surface area is 100 Å². The van der Waals surface area contributed by atoms with Crippen molar-refractivity contribution in [3.8, 4) is 0 Å². The topological polar surface area (TPSA) is 15.6 Å². The number of rotatable bonds is 1. The molecule has 0 unspecified atom stereocenters. The minimum absolute atomic E-state index is 1.15. The van der Waals surface area contributed by atoms with Crippen LogP contribution in [0.15, 0.2) is 16.4 Å². The van der Waals surface area contributed by atoms with Crippen LogP contribution in [0.2, 0.25) is 0 Å². The third-order valence-corrected chi connectivity index (χ3v) is 3.14. The molecule has 0 aromatic heterocycles. The van der Waals surface area contributed by atoms with E-state index in [1.807, 2.05) is 13.8 Å². The van der Waals surface area contributed by atoms with Crippen LogP contribution in [0.5, 0.6) is 0 Å². The monoisotopic (exact) mass is 222 g/mol. The first kappa shape index (κ1) is 13.3. The van der Waals surface area contributed by atoms with Crippen LogP contribution in [0.1, 0.15) is 59.3 Å². The van der Waals surface area contributed by atoms with Crippen molar-refractivity contribution in [1.82, 2.24) is 4.90 Å². The van der Waals surface area contributed by atoms with Gasteiger partial charge >= 0.3 is 0 Å². The first-order valence-corrected chi connectivity index (χ1v) is 6.85. The van der Waals surface area contributed by atoms with Crippen molar-refractivity contribution in [2.45, 2.75) is 59.3 Å². The van der Waals surface area contributed by atoms with Gasteiger partial charge in [0.25, 0.3) is 0 Å². The summed E-state index contributed by atoms with van der Waals surface area (Å²) in [5.41, 5.74) is 1.49. The average Bonchev–Trinajstić information content (AvgIpc) is 2.58. The summed E-state index contributed by atoms with van der Waals surface area (Å²) in [6.07, 6.45) is 9.82. The summed E-state index contributed by atoms with van der Waals surface area (Å²) in [6, 6.07) is 0. The van der Waals surface area contributed by atoms with E-state index < -0.39 is 0 Å². The van der Waals surface area contributed by atoms with Crippen LogP contribution in [0.4, 0.5) is 0 Å². The summed E-state index contributed by atoms with van der Waals surface area (Å²) >= 11 is 0. The molecule has 2 heteroatoms. The molecule has 0 aromatic rings. The fourth-order valence-corrected chi connectivity index (χ4v) is 2.29. The zero-order chi connectivity index (χ0) is 11.8. The summed E-state index contributed by atoms with van der Waals surface area (Å²) in [4.78, 5) is 7.08. The smallest absolute Gasteiger partial charge is 0.126 e. The van der Waals surface area contributed by atoms with Gasteiger partial charge in [-0.2, -0.15) is 0 Å². The number of nitrogens with zero attached hydrogens (tertiary/aromatic N) is 2. The van der Waals surface area contributed by atoms with E-state index in [1.54, 1.807) is 0 Å². The molecule has 2 nitrogen and oxygen atoms in total. The van der Waals surface area contributed by atoms with Gasteiger partial charge in [0.1, 0.15) is 5.82 Å². The lowest BCUT2D eigenvalue weighted by molar-refractivity contribution is 0.280. The molecular formula is C14H26N2. The van der Waals surface area contributed by atoms with Crippen LogP contribution in [0.3, 0.4) is 0 Å². The lowest BCUT2D eigenvalue weighted by atomic mass is 10.1. The van der Waals surface area contributed by atoms with Gasteiger partial charge in [-0.25, -0.2) is 4.99 Å². The maximum Gasteiger partial charge on any atom is 0.126 e. The Morgan fingerprint density at radius 3 is 2.44 bits per heavy atom. The first-order chi connectivity index (χ1) is 7.88. The second kappa shape index (κ2) is 7.48. The van der Waals surface area contributed by atoms with E-state index in [0.717, 1.165) is 6.42 Å². The van der Waals surface area contributed by atoms with Crippen molar-refractivity contribution in [3.63, 3.8) is 0 Å². The predicted molar refractivity (Wildman–Crippen MR) is 71.8 cm³/mol. The number of likely N-dealkylation sites (tertiary alicyclic amines) is 1. The predicted octanol–water partition coefficient (Wildman–Crippen LogP) is 3.98. The minimum atomic E-state index is 1.15. The molecule has 0 saturated carbocycles. The molecule has 0 aliphatic carbocycles. The Kier molecular flexibility index (Phi) is 6.20. The summed E-state index contributed by atoms with van der Waals surface area (Å²) in [7, 11) is 0. The highest BCUT2D eigenvalue weighted by atomic mass is 15.2. The van der Waals surface area contributed by atoms with Gasteiger partial charge in [0.05, 0.1) is 0 Å². The Morgan fingerprint density at radius 1 is 1.06 bits per heavy atom. The Hall–Kier alpha value is -0.790. The SMILES string of the molecule is CC.CC1=C(N2CCCCC2)N=CCCC1. The zero-order valence-electron chi connectivity index (χ0n) is 11.1.